The lowest BCUT2D eigenvalue weighted by Crippen LogP contribution is -2.36. The summed E-state index contributed by atoms with van der Waals surface area (Å²) in [6.45, 7) is 1.84. The Morgan fingerprint density at radius 3 is 2.50 bits per heavy atom. The zero-order valence-electron chi connectivity index (χ0n) is 12.4. The number of hydrogen-bond donors (Lipinski definition) is 2. The zero-order valence-corrected chi connectivity index (χ0v) is 14.0. The lowest BCUT2D eigenvalue weighted by Gasteiger charge is -2.23. The van der Waals surface area contributed by atoms with Crippen LogP contribution in [0.2, 0.25) is 0 Å². The van der Waals surface area contributed by atoms with Crippen LogP contribution in [0.25, 0.3) is 0 Å². The van der Waals surface area contributed by atoms with Crippen LogP contribution < -0.4 is 10.1 Å². The van der Waals surface area contributed by atoms with E-state index < -0.39 is 24.3 Å². The predicted octanol–water partition coefficient (Wildman–Crippen LogP) is 3.61. The first-order valence-corrected chi connectivity index (χ1v) is 7.26. The van der Waals surface area contributed by atoms with Crippen LogP contribution in [-0.4, -0.2) is 30.0 Å². The highest BCUT2D eigenvalue weighted by molar-refractivity contribution is 9.10. The van der Waals surface area contributed by atoms with Crippen molar-refractivity contribution in [3.63, 3.8) is 0 Å². The monoisotopic (exact) mass is 381 g/mol. The SMILES string of the molecule is CC(C)(C)OC(=O)NC(CO)c1ccc(OC(F)F)cc1Br. The van der Waals surface area contributed by atoms with E-state index in [1.807, 2.05) is 0 Å². The van der Waals surface area contributed by atoms with Crippen molar-refractivity contribution in [2.45, 2.75) is 39.0 Å². The van der Waals surface area contributed by atoms with Gasteiger partial charge in [0.15, 0.2) is 0 Å². The number of amides is 1. The maximum absolute atomic E-state index is 12.2. The van der Waals surface area contributed by atoms with E-state index in [0.29, 0.717) is 10.0 Å². The molecule has 1 rings (SSSR count). The molecule has 5 nitrogen and oxygen atoms in total. The Labute approximate surface area is 135 Å². The third kappa shape index (κ3) is 6.15. The van der Waals surface area contributed by atoms with Crippen molar-refractivity contribution in [3.8, 4) is 5.75 Å². The van der Waals surface area contributed by atoms with Crippen LogP contribution in [-0.2, 0) is 4.74 Å². The van der Waals surface area contributed by atoms with Crippen LogP contribution in [0.5, 0.6) is 5.75 Å². The van der Waals surface area contributed by atoms with Gasteiger partial charge >= 0.3 is 12.7 Å². The van der Waals surface area contributed by atoms with Gasteiger partial charge in [-0.1, -0.05) is 22.0 Å². The van der Waals surface area contributed by atoms with Crippen LogP contribution >= 0.6 is 15.9 Å². The van der Waals surface area contributed by atoms with Crippen LogP contribution in [0.4, 0.5) is 13.6 Å². The number of carbonyl (C=O) groups is 1. The highest BCUT2D eigenvalue weighted by Crippen LogP contribution is 2.28. The second kappa shape index (κ2) is 7.73. The molecule has 0 saturated heterocycles. The fraction of sp³-hybridized carbons (Fsp3) is 0.500. The van der Waals surface area contributed by atoms with Crippen molar-refractivity contribution in [1.29, 1.82) is 0 Å². The Morgan fingerprint density at radius 2 is 2.05 bits per heavy atom. The highest BCUT2D eigenvalue weighted by Gasteiger charge is 2.21. The van der Waals surface area contributed by atoms with Crippen LogP contribution in [0.15, 0.2) is 22.7 Å². The Balaban J connectivity index is 2.84. The summed E-state index contributed by atoms with van der Waals surface area (Å²) in [6, 6.07) is 3.39. The molecule has 0 saturated carbocycles. The van der Waals surface area contributed by atoms with E-state index in [1.54, 1.807) is 20.8 Å². The van der Waals surface area contributed by atoms with Crippen molar-refractivity contribution >= 4 is 22.0 Å². The standard InChI is InChI=1S/C14H18BrF2NO4/c1-14(2,3)22-13(20)18-11(7-19)9-5-4-8(6-10(9)15)21-12(16)17/h4-6,11-12,19H,7H2,1-3H3,(H,18,20). The number of carbonyl (C=O) groups excluding carboxylic acids is 1. The largest absolute Gasteiger partial charge is 0.444 e. The molecule has 2 N–H and O–H groups in total. The minimum atomic E-state index is -2.92. The van der Waals surface area contributed by atoms with Gasteiger partial charge in [-0.05, 0) is 38.5 Å². The normalized spacial score (nSPS) is 12.9. The van der Waals surface area contributed by atoms with E-state index in [4.69, 9.17) is 4.74 Å². The van der Waals surface area contributed by atoms with Crippen LogP contribution in [0, 0.1) is 0 Å². The summed E-state index contributed by atoms with van der Waals surface area (Å²) in [4.78, 5) is 11.7. The van der Waals surface area contributed by atoms with Gasteiger partial charge in [-0.15, -0.1) is 0 Å². The third-order valence-corrected chi connectivity index (χ3v) is 3.13. The van der Waals surface area contributed by atoms with Gasteiger partial charge in [-0.25, -0.2) is 4.79 Å². The number of alkyl carbamates (subject to hydrolysis) is 1. The minimum Gasteiger partial charge on any atom is -0.444 e. The minimum absolute atomic E-state index is 0.0282. The molecule has 0 aliphatic rings. The molecule has 0 spiro atoms. The molecule has 22 heavy (non-hydrogen) atoms. The molecular formula is C14H18BrF2NO4. The molecule has 1 amide bonds. The van der Waals surface area contributed by atoms with E-state index in [2.05, 4.69) is 26.0 Å². The summed E-state index contributed by atoms with van der Waals surface area (Å²) < 4.78 is 34.1. The molecule has 0 radical (unpaired) electrons. The van der Waals surface area contributed by atoms with E-state index in [0.717, 1.165) is 0 Å². The van der Waals surface area contributed by atoms with Gasteiger partial charge < -0.3 is 19.9 Å². The molecule has 0 fully saturated rings. The summed E-state index contributed by atoms with van der Waals surface area (Å²) >= 11 is 3.20. The number of nitrogens with one attached hydrogen (secondary N) is 1. The Morgan fingerprint density at radius 1 is 1.41 bits per heavy atom. The topological polar surface area (TPSA) is 67.8 Å². The van der Waals surface area contributed by atoms with Gasteiger partial charge in [0.05, 0.1) is 12.6 Å². The average Bonchev–Trinajstić information content (AvgIpc) is 2.33. The van der Waals surface area contributed by atoms with Gasteiger partial charge in [-0.3, -0.25) is 0 Å². The molecule has 8 heteroatoms. The molecule has 0 bridgehead atoms. The Hall–Kier alpha value is -1.41. The van der Waals surface area contributed by atoms with Gasteiger partial charge in [-0.2, -0.15) is 8.78 Å². The fourth-order valence-electron chi connectivity index (χ4n) is 1.64. The summed E-state index contributed by atoms with van der Waals surface area (Å²) in [6.07, 6.45) is -0.689. The molecule has 1 atom stereocenters. The molecule has 0 aromatic heterocycles. The van der Waals surface area contributed by atoms with Gasteiger partial charge in [0.2, 0.25) is 0 Å². The molecular weight excluding hydrogens is 364 g/mol. The van der Waals surface area contributed by atoms with E-state index >= 15 is 0 Å². The second-order valence-corrected chi connectivity index (χ2v) is 6.30. The Bertz CT molecular complexity index is 520. The number of alkyl halides is 2. The predicted molar refractivity (Wildman–Crippen MR) is 80.0 cm³/mol. The number of ether oxygens (including phenoxy) is 2. The molecule has 1 aromatic carbocycles. The maximum atomic E-state index is 12.2. The molecule has 0 aliphatic heterocycles. The molecule has 1 unspecified atom stereocenters. The first-order valence-electron chi connectivity index (χ1n) is 6.47. The zero-order chi connectivity index (χ0) is 16.9. The Kier molecular flexibility index (Phi) is 6.55. The van der Waals surface area contributed by atoms with Gasteiger partial charge in [0, 0.05) is 4.47 Å². The molecule has 0 heterocycles. The van der Waals surface area contributed by atoms with Crippen molar-refractivity contribution in [2.24, 2.45) is 0 Å². The molecule has 124 valence electrons. The van der Waals surface area contributed by atoms with Crippen molar-refractivity contribution in [3.05, 3.63) is 28.2 Å². The van der Waals surface area contributed by atoms with Crippen molar-refractivity contribution in [1.82, 2.24) is 5.32 Å². The fourth-order valence-corrected chi connectivity index (χ4v) is 2.27. The molecule has 1 aromatic rings. The first kappa shape index (κ1) is 18.6. The first-order chi connectivity index (χ1) is 10.1. The van der Waals surface area contributed by atoms with Crippen LogP contribution in [0.3, 0.4) is 0 Å². The van der Waals surface area contributed by atoms with Gasteiger partial charge in [0.1, 0.15) is 11.4 Å². The van der Waals surface area contributed by atoms with Crippen molar-refractivity contribution in [2.75, 3.05) is 6.61 Å². The van der Waals surface area contributed by atoms with Crippen LogP contribution in [0.1, 0.15) is 32.4 Å². The number of halogens is 3. The van der Waals surface area contributed by atoms with E-state index in [1.165, 1.54) is 18.2 Å². The number of rotatable bonds is 5. The summed E-state index contributed by atoms with van der Waals surface area (Å²) in [5.74, 6) is -0.0282. The maximum Gasteiger partial charge on any atom is 0.408 e. The lowest BCUT2D eigenvalue weighted by molar-refractivity contribution is -0.0499. The number of aliphatic hydroxyl groups is 1. The summed E-state index contributed by atoms with van der Waals surface area (Å²) in [7, 11) is 0. The number of aliphatic hydroxyl groups excluding tert-OH is 1. The summed E-state index contributed by atoms with van der Waals surface area (Å²) in [5.41, 5.74) is -0.161. The summed E-state index contributed by atoms with van der Waals surface area (Å²) in [5, 5.41) is 11.9. The third-order valence-electron chi connectivity index (χ3n) is 2.45. The smallest absolute Gasteiger partial charge is 0.408 e. The number of benzene rings is 1. The molecule has 0 aliphatic carbocycles. The highest BCUT2D eigenvalue weighted by atomic mass is 79.9. The van der Waals surface area contributed by atoms with Crippen molar-refractivity contribution < 1.29 is 28.2 Å². The average molecular weight is 382 g/mol. The second-order valence-electron chi connectivity index (χ2n) is 5.44. The lowest BCUT2D eigenvalue weighted by atomic mass is 10.1. The van der Waals surface area contributed by atoms with E-state index in [9.17, 15) is 18.7 Å². The van der Waals surface area contributed by atoms with E-state index in [-0.39, 0.29) is 12.4 Å². The number of hydrogen-bond acceptors (Lipinski definition) is 4. The quantitative estimate of drug-likeness (QED) is 0.817. The van der Waals surface area contributed by atoms with Gasteiger partial charge in [0.25, 0.3) is 0 Å².